The number of esters is 1. The van der Waals surface area contributed by atoms with Crippen LogP contribution in [0.5, 0.6) is 0 Å². The standard InChI is InChI=1S/C32H39N3O4/c1-22(32-18-23-15-24(19-32)17-25(16-23)20-32)33-29(36)21-39-31(38)28-10-6-5-9-27(28)30(37)35-13-11-34(12-14-35)26-7-3-2-4-8-26/h2-10,22-25H,11-21H2,1H3,(H,33,36). The molecule has 5 fully saturated rings. The lowest BCUT2D eigenvalue weighted by atomic mass is 9.48. The van der Waals surface area contributed by atoms with Crippen LogP contribution in [-0.2, 0) is 9.53 Å². The third kappa shape index (κ3) is 5.28. The minimum Gasteiger partial charge on any atom is -0.452 e. The predicted octanol–water partition coefficient (Wildman–Crippen LogP) is 4.53. The summed E-state index contributed by atoms with van der Waals surface area (Å²) >= 11 is 0. The first kappa shape index (κ1) is 25.9. The van der Waals surface area contributed by atoms with Crippen LogP contribution < -0.4 is 10.2 Å². The number of nitrogens with zero attached hydrogens (tertiary/aromatic N) is 2. The molecule has 1 unspecified atom stereocenters. The normalized spacial score (nSPS) is 28.2. The Morgan fingerprint density at radius 1 is 0.846 bits per heavy atom. The third-order valence-electron chi connectivity index (χ3n) is 9.78. The molecule has 2 aromatic rings. The molecule has 5 aliphatic rings. The number of rotatable bonds is 7. The van der Waals surface area contributed by atoms with Crippen molar-refractivity contribution in [2.24, 2.45) is 23.2 Å². The molecular formula is C32H39N3O4. The van der Waals surface area contributed by atoms with Crippen molar-refractivity contribution in [1.82, 2.24) is 10.2 Å². The highest BCUT2D eigenvalue weighted by atomic mass is 16.5. The second-order valence-corrected chi connectivity index (χ2v) is 12.3. The summed E-state index contributed by atoms with van der Waals surface area (Å²) in [6.07, 6.45) is 7.69. The number of carbonyl (C=O) groups excluding carboxylic acids is 3. The Kier molecular flexibility index (Phi) is 7.08. The van der Waals surface area contributed by atoms with Gasteiger partial charge in [0.25, 0.3) is 11.8 Å². The van der Waals surface area contributed by atoms with Gasteiger partial charge in [0.15, 0.2) is 6.61 Å². The Balaban J connectivity index is 1.03. The predicted molar refractivity (Wildman–Crippen MR) is 149 cm³/mol. The molecule has 0 radical (unpaired) electrons. The van der Waals surface area contributed by atoms with Gasteiger partial charge in [-0.3, -0.25) is 9.59 Å². The van der Waals surface area contributed by atoms with E-state index in [4.69, 9.17) is 4.74 Å². The van der Waals surface area contributed by atoms with Crippen molar-refractivity contribution >= 4 is 23.5 Å². The molecule has 4 aliphatic carbocycles. The van der Waals surface area contributed by atoms with Crippen LogP contribution in [0.4, 0.5) is 5.69 Å². The average Bonchev–Trinajstić information content (AvgIpc) is 2.95. The molecule has 1 N–H and O–H groups in total. The Bertz CT molecular complexity index is 1190. The SMILES string of the molecule is CC(NC(=O)COC(=O)c1ccccc1C(=O)N1CCN(c2ccccc2)CC1)C12CC3CC(CC(C3)C1)C2. The molecule has 39 heavy (non-hydrogen) atoms. The molecular weight excluding hydrogens is 490 g/mol. The highest BCUT2D eigenvalue weighted by Crippen LogP contribution is 2.61. The monoisotopic (exact) mass is 529 g/mol. The second-order valence-electron chi connectivity index (χ2n) is 12.3. The lowest BCUT2D eigenvalue weighted by Gasteiger charge is -2.59. The van der Waals surface area contributed by atoms with Gasteiger partial charge in [0.1, 0.15) is 0 Å². The number of anilines is 1. The van der Waals surface area contributed by atoms with Crippen molar-refractivity contribution in [2.75, 3.05) is 37.7 Å². The molecule has 7 nitrogen and oxygen atoms in total. The summed E-state index contributed by atoms with van der Waals surface area (Å²) in [6, 6.07) is 17.0. The summed E-state index contributed by atoms with van der Waals surface area (Å²) in [5.74, 6) is 1.33. The molecule has 4 bridgehead atoms. The van der Waals surface area contributed by atoms with Gasteiger partial charge in [-0.05, 0) is 92.9 Å². The fourth-order valence-corrected chi connectivity index (χ4v) is 8.18. The van der Waals surface area contributed by atoms with Crippen LogP contribution in [0.25, 0.3) is 0 Å². The molecule has 2 aromatic carbocycles. The lowest BCUT2D eigenvalue weighted by Crippen LogP contribution is -2.56. The first-order valence-corrected chi connectivity index (χ1v) is 14.5. The number of ether oxygens (including phenoxy) is 1. The Labute approximate surface area is 230 Å². The minimum atomic E-state index is -0.639. The number of amides is 2. The van der Waals surface area contributed by atoms with Crippen LogP contribution in [0.3, 0.4) is 0 Å². The van der Waals surface area contributed by atoms with Crippen molar-refractivity contribution in [2.45, 2.75) is 51.5 Å². The summed E-state index contributed by atoms with van der Waals surface area (Å²) in [6.45, 7) is 4.38. The maximum Gasteiger partial charge on any atom is 0.339 e. The van der Waals surface area contributed by atoms with Crippen LogP contribution in [-0.4, -0.2) is 61.5 Å². The van der Waals surface area contributed by atoms with Crippen molar-refractivity contribution in [3.8, 4) is 0 Å². The smallest absolute Gasteiger partial charge is 0.339 e. The van der Waals surface area contributed by atoms with Gasteiger partial charge in [-0.1, -0.05) is 30.3 Å². The molecule has 4 saturated carbocycles. The molecule has 1 heterocycles. The average molecular weight is 530 g/mol. The highest BCUT2D eigenvalue weighted by Gasteiger charge is 2.53. The zero-order valence-electron chi connectivity index (χ0n) is 22.8. The Hall–Kier alpha value is -3.35. The van der Waals surface area contributed by atoms with Crippen LogP contribution >= 0.6 is 0 Å². The molecule has 1 saturated heterocycles. The first-order chi connectivity index (χ1) is 18.9. The number of benzene rings is 2. The highest BCUT2D eigenvalue weighted by molar-refractivity contribution is 6.05. The Morgan fingerprint density at radius 3 is 2.03 bits per heavy atom. The van der Waals surface area contributed by atoms with Crippen molar-refractivity contribution in [3.63, 3.8) is 0 Å². The lowest BCUT2D eigenvalue weighted by molar-refractivity contribution is -0.128. The van der Waals surface area contributed by atoms with E-state index in [1.807, 2.05) is 18.2 Å². The van der Waals surface area contributed by atoms with Gasteiger partial charge in [0, 0.05) is 37.9 Å². The van der Waals surface area contributed by atoms with E-state index in [1.54, 1.807) is 29.2 Å². The summed E-state index contributed by atoms with van der Waals surface area (Å²) < 4.78 is 5.43. The largest absolute Gasteiger partial charge is 0.452 e. The van der Waals surface area contributed by atoms with Crippen LogP contribution in [0.15, 0.2) is 54.6 Å². The Morgan fingerprint density at radius 2 is 1.41 bits per heavy atom. The molecule has 1 aliphatic heterocycles. The van der Waals surface area contributed by atoms with Crippen molar-refractivity contribution in [1.29, 1.82) is 0 Å². The van der Waals surface area contributed by atoms with Gasteiger partial charge in [-0.2, -0.15) is 0 Å². The molecule has 2 amide bonds. The number of piperazine rings is 1. The van der Waals surface area contributed by atoms with Crippen LogP contribution in [0, 0.1) is 23.2 Å². The summed E-state index contributed by atoms with van der Waals surface area (Å²) in [4.78, 5) is 43.3. The van der Waals surface area contributed by atoms with E-state index in [2.05, 4.69) is 29.3 Å². The number of para-hydroxylation sites is 1. The van der Waals surface area contributed by atoms with Gasteiger partial charge < -0.3 is 19.9 Å². The van der Waals surface area contributed by atoms with Crippen LogP contribution in [0.1, 0.15) is 66.2 Å². The summed E-state index contributed by atoms with van der Waals surface area (Å²) in [5.41, 5.74) is 1.86. The molecule has 7 rings (SSSR count). The fraction of sp³-hybridized carbons (Fsp3) is 0.531. The molecule has 0 spiro atoms. The van der Waals surface area contributed by atoms with E-state index in [1.165, 1.54) is 38.5 Å². The van der Waals surface area contributed by atoms with Gasteiger partial charge in [0.2, 0.25) is 0 Å². The van der Waals surface area contributed by atoms with Gasteiger partial charge >= 0.3 is 5.97 Å². The van der Waals surface area contributed by atoms with E-state index in [0.29, 0.717) is 18.7 Å². The molecule has 7 heteroatoms. The van der Waals surface area contributed by atoms with E-state index in [0.717, 1.165) is 36.5 Å². The zero-order valence-corrected chi connectivity index (χ0v) is 22.8. The van der Waals surface area contributed by atoms with Crippen LogP contribution in [0.2, 0.25) is 0 Å². The van der Waals surface area contributed by atoms with Gasteiger partial charge in [-0.15, -0.1) is 0 Å². The molecule has 206 valence electrons. The maximum atomic E-state index is 13.4. The van der Waals surface area contributed by atoms with E-state index >= 15 is 0 Å². The number of hydrogen-bond acceptors (Lipinski definition) is 5. The van der Waals surface area contributed by atoms with Gasteiger partial charge in [-0.25, -0.2) is 4.79 Å². The fourth-order valence-electron chi connectivity index (χ4n) is 8.18. The number of carbonyl (C=O) groups is 3. The molecule has 0 aromatic heterocycles. The minimum absolute atomic E-state index is 0.0699. The summed E-state index contributed by atoms with van der Waals surface area (Å²) in [5, 5.41) is 3.15. The van der Waals surface area contributed by atoms with Gasteiger partial charge in [0.05, 0.1) is 11.1 Å². The number of hydrogen-bond donors (Lipinski definition) is 1. The maximum absolute atomic E-state index is 13.4. The first-order valence-electron chi connectivity index (χ1n) is 14.5. The quantitative estimate of drug-likeness (QED) is 0.534. The van der Waals surface area contributed by atoms with E-state index in [-0.39, 0.29) is 35.4 Å². The second kappa shape index (κ2) is 10.7. The van der Waals surface area contributed by atoms with Crippen molar-refractivity contribution in [3.05, 3.63) is 65.7 Å². The summed E-state index contributed by atoms with van der Waals surface area (Å²) in [7, 11) is 0. The van der Waals surface area contributed by atoms with E-state index < -0.39 is 5.97 Å². The van der Waals surface area contributed by atoms with E-state index in [9.17, 15) is 14.4 Å². The zero-order chi connectivity index (χ0) is 27.0. The number of nitrogens with one attached hydrogen (secondary N) is 1. The van der Waals surface area contributed by atoms with Crippen molar-refractivity contribution < 1.29 is 19.1 Å². The molecule has 1 atom stereocenters. The third-order valence-corrected chi connectivity index (χ3v) is 9.78. The topological polar surface area (TPSA) is 78.9 Å².